The summed E-state index contributed by atoms with van der Waals surface area (Å²) >= 11 is 1.44. The fourth-order valence-electron chi connectivity index (χ4n) is 6.34. The van der Waals surface area contributed by atoms with E-state index in [0.29, 0.717) is 35.7 Å². The topological polar surface area (TPSA) is 87.3 Å². The van der Waals surface area contributed by atoms with Gasteiger partial charge in [0.2, 0.25) is 5.91 Å². The van der Waals surface area contributed by atoms with E-state index in [-0.39, 0.29) is 36.5 Å². The van der Waals surface area contributed by atoms with Crippen LogP contribution in [0.4, 0.5) is 8.78 Å². The van der Waals surface area contributed by atoms with Gasteiger partial charge in [-0.3, -0.25) is 9.48 Å². The van der Waals surface area contributed by atoms with Crippen LogP contribution in [-0.4, -0.2) is 62.0 Å². The highest BCUT2D eigenvalue weighted by Crippen LogP contribution is 2.47. The second-order valence-electron chi connectivity index (χ2n) is 11.2. The van der Waals surface area contributed by atoms with Crippen LogP contribution in [-0.2, 0) is 29.0 Å². The van der Waals surface area contributed by atoms with E-state index in [9.17, 15) is 9.18 Å². The van der Waals surface area contributed by atoms with Gasteiger partial charge in [0.25, 0.3) is 0 Å². The molecule has 232 valence electrons. The van der Waals surface area contributed by atoms with E-state index in [1.165, 1.54) is 30.6 Å². The fraction of sp³-hybridized carbons (Fsp3) is 0.333. The molecule has 45 heavy (non-hydrogen) atoms. The monoisotopic (exact) mass is 630 g/mol. The zero-order chi connectivity index (χ0) is 31.2. The van der Waals surface area contributed by atoms with Gasteiger partial charge in [-0.2, -0.15) is 5.10 Å². The van der Waals surface area contributed by atoms with Crippen molar-refractivity contribution in [1.82, 2.24) is 29.2 Å². The molecule has 1 atom stereocenters. The van der Waals surface area contributed by atoms with Crippen molar-refractivity contribution in [1.29, 1.82) is 0 Å². The van der Waals surface area contributed by atoms with E-state index in [2.05, 4.69) is 11.1 Å². The van der Waals surface area contributed by atoms with Crippen LogP contribution >= 0.6 is 11.3 Å². The molecule has 7 rings (SSSR count). The number of aryl methyl sites for hydroxylation is 2. The van der Waals surface area contributed by atoms with E-state index in [1.54, 1.807) is 4.90 Å². The van der Waals surface area contributed by atoms with Gasteiger partial charge in [-0.25, -0.2) is 18.7 Å². The van der Waals surface area contributed by atoms with Crippen molar-refractivity contribution in [3.63, 3.8) is 0 Å². The van der Waals surface area contributed by atoms with Crippen molar-refractivity contribution in [2.45, 2.75) is 45.3 Å². The molecule has 2 aliphatic rings. The number of halogens is 2. The molecule has 1 aromatic carbocycles. The molecular formula is C33H32F2N6O3S. The van der Waals surface area contributed by atoms with E-state index >= 15 is 4.39 Å². The summed E-state index contributed by atoms with van der Waals surface area (Å²) in [6.45, 7) is 7.78. The van der Waals surface area contributed by atoms with Crippen LogP contribution in [0, 0.1) is 11.6 Å². The Hall–Kier alpha value is -4.42. The molecule has 0 aliphatic carbocycles. The van der Waals surface area contributed by atoms with Crippen molar-refractivity contribution in [2.75, 3.05) is 26.9 Å². The fourth-order valence-corrected chi connectivity index (χ4v) is 7.29. The van der Waals surface area contributed by atoms with Gasteiger partial charge < -0.3 is 18.9 Å². The molecule has 0 saturated heterocycles. The van der Waals surface area contributed by atoms with Crippen molar-refractivity contribution in [3.05, 3.63) is 71.7 Å². The van der Waals surface area contributed by atoms with Crippen molar-refractivity contribution < 1.29 is 23.0 Å². The molecule has 0 N–H and O–H groups in total. The van der Waals surface area contributed by atoms with E-state index < -0.39 is 11.6 Å². The first-order valence-corrected chi connectivity index (χ1v) is 15.9. The molecule has 0 fully saturated rings. The number of pyridine rings is 1. The molecule has 4 aromatic heterocycles. The van der Waals surface area contributed by atoms with Crippen LogP contribution in [0.2, 0.25) is 0 Å². The van der Waals surface area contributed by atoms with Gasteiger partial charge in [0, 0.05) is 60.6 Å². The molecule has 0 bridgehead atoms. The summed E-state index contributed by atoms with van der Waals surface area (Å²) < 4.78 is 46.5. The first-order chi connectivity index (χ1) is 21.9. The molecule has 0 saturated carbocycles. The maximum Gasteiger partial charge on any atom is 0.246 e. The number of carbonyl (C=O) groups is 1. The largest absolute Gasteiger partial charge is 0.490 e. The number of imidazole rings is 1. The number of nitrogens with zero attached hydrogens (tertiary/aromatic N) is 6. The molecule has 12 heteroatoms. The Labute approximate surface area is 262 Å². The number of methoxy groups -OCH3 is 1. The van der Waals surface area contributed by atoms with E-state index in [4.69, 9.17) is 24.5 Å². The Bertz CT molecular complexity index is 1920. The van der Waals surface area contributed by atoms with Gasteiger partial charge in [0.1, 0.15) is 46.9 Å². The van der Waals surface area contributed by atoms with Gasteiger partial charge in [-0.1, -0.05) is 6.58 Å². The minimum Gasteiger partial charge on any atom is -0.490 e. The van der Waals surface area contributed by atoms with Gasteiger partial charge in [-0.05, 0) is 43.4 Å². The summed E-state index contributed by atoms with van der Waals surface area (Å²) in [5, 5.41) is 7.67. The average molecular weight is 631 g/mol. The number of aromatic nitrogens is 5. The first kappa shape index (κ1) is 29.3. The molecule has 1 amide bonds. The summed E-state index contributed by atoms with van der Waals surface area (Å²) in [5.74, 6) is -0.617. The summed E-state index contributed by atoms with van der Waals surface area (Å²) in [7, 11) is 1.53. The van der Waals surface area contributed by atoms with E-state index in [1.807, 2.05) is 35.3 Å². The number of carbonyl (C=O) groups excluding carboxylic acids is 1. The van der Waals surface area contributed by atoms with Crippen molar-refractivity contribution in [2.24, 2.45) is 0 Å². The second kappa shape index (κ2) is 11.8. The molecule has 9 nitrogen and oxygen atoms in total. The van der Waals surface area contributed by atoms with Crippen LogP contribution in [0.15, 0.2) is 48.5 Å². The highest BCUT2D eigenvalue weighted by Gasteiger charge is 2.32. The van der Waals surface area contributed by atoms with Gasteiger partial charge in [0.05, 0.1) is 36.1 Å². The number of rotatable bonds is 8. The number of thiophene rings is 1. The number of ether oxygens (including phenoxy) is 2. The number of hydrogen-bond donors (Lipinski definition) is 0. The first-order valence-electron chi connectivity index (χ1n) is 15.0. The van der Waals surface area contributed by atoms with Crippen LogP contribution in [0.5, 0.6) is 5.75 Å². The predicted octanol–water partition coefficient (Wildman–Crippen LogP) is 6.42. The maximum atomic E-state index is 16.0. The van der Waals surface area contributed by atoms with Crippen LogP contribution < -0.4 is 4.74 Å². The highest BCUT2D eigenvalue weighted by atomic mass is 32.1. The number of fused-ring (bicyclic) bond motifs is 3. The average Bonchev–Trinajstić information content (AvgIpc) is 3.79. The maximum absolute atomic E-state index is 16.0. The van der Waals surface area contributed by atoms with Crippen LogP contribution in [0.25, 0.3) is 44.0 Å². The summed E-state index contributed by atoms with van der Waals surface area (Å²) in [6, 6.07) is 5.63. The molecule has 0 unspecified atom stereocenters. The smallest absolute Gasteiger partial charge is 0.246 e. The van der Waals surface area contributed by atoms with Gasteiger partial charge >= 0.3 is 0 Å². The molecule has 0 spiro atoms. The zero-order valence-corrected chi connectivity index (χ0v) is 25.9. The summed E-state index contributed by atoms with van der Waals surface area (Å²) in [6.07, 6.45) is 6.42. The lowest BCUT2D eigenvalue weighted by molar-refractivity contribution is -0.129. The lowest BCUT2D eigenvalue weighted by atomic mass is 9.97. The summed E-state index contributed by atoms with van der Waals surface area (Å²) in [4.78, 5) is 24.5. The minimum absolute atomic E-state index is 0.0487. The molecule has 0 radical (unpaired) electrons. The molecule has 6 heterocycles. The third kappa shape index (κ3) is 5.11. The lowest BCUT2D eigenvalue weighted by Gasteiger charge is -2.33. The Kier molecular flexibility index (Phi) is 7.70. The zero-order valence-electron chi connectivity index (χ0n) is 25.1. The third-order valence-electron chi connectivity index (χ3n) is 8.53. The number of amides is 1. The third-order valence-corrected chi connectivity index (χ3v) is 9.46. The Balaban J connectivity index is 1.48. The van der Waals surface area contributed by atoms with E-state index in [0.717, 1.165) is 59.2 Å². The van der Waals surface area contributed by atoms with Crippen molar-refractivity contribution >= 4 is 27.3 Å². The Morgan fingerprint density at radius 2 is 1.96 bits per heavy atom. The highest BCUT2D eigenvalue weighted by molar-refractivity contribution is 7.18. The lowest BCUT2D eigenvalue weighted by Crippen LogP contribution is -2.40. The van der Waals surface area contributed by atoms with Crippen LogP contribution in [0.1, 0.15) is 37.3 Å². The van der Waals surface area contributed by atoms with Gasteiger partial charge in [0.15, 0.2) is 0 Å². The minimum atomic E-state index is -0.773. The molecule has 2 aliphatic heterocycles. The number of hydrogen-bond acceptors (Lipinski definition) is 7. The Morgan fingerprint density at radius 3 is 2.76 bits per heavy atom. The van der Waals surface area contributed by atoms with Crippen molar-refractivity contribution in [3.8, 4) is 39.7 Å². The second-order valence-corrected chi connectivity index (χ2v) is 12.1. The Morgan fingerprint density at radius 1 is 1.09 bits per heavy atom. The normalized spacial score (nSPS) is 16.1. The summed E-state index contributed by atoms with van der Waals surface area (Å²) in [5.41, 5.74) is 3.70. The molecule has 5 aromatic rings. The van der Waals surface area contributed by atoms with Crippen LogP contribution in [0.3, 0.4) is 0 Å². The standard InChI is InChI=1S/C33H32F2N6O3S/c1-4-28(42)40-10-11-41-25(19(40)2)17-23(38-41)32-30(29-22(35)15-20(34)16-26(29)44-13-12-43-3)33-21(8-14-45-33)31(37-32)24-18-39-9-6-5-7-27(39)36-24/h4,8,14-19H,1,5-7,9-13H2,2-3H3/t19-/m1/s1. The van der Waals surface area contributed by atoms with Gasteiger partial charge in [-0.15, -0.1) is 11.3 Å². The number of benzene rings is 1. The SMILES string of the molecule is C=CC(=O)N1CCn2nc(-c3nc(-c4cn5c(n4)CCCC5)c4ccsc4c3-c3c(F)cc(F)cc3OCCOC)cc2[C@H]1C. The predicted molar refractivity (Wildman–Crippen MR) is 168 cm³/mol. The molecular weight excluding hydrogens is 598 g/mol. The quantitative estimate of drug-likeness (QED) is 0.145.